The van der Waals surface area contributed by atoms with Crippen LogP contribution >= 0.6 is 0 Å². The van der Waals surface area contributed by atoms with Gasteiger partial charge in [0, 0.05) is 25.7 Å². The van der Waals surface area contributed by atoms with Gasteiger partial charge in [-0.25, -0.2) is 8.42 Å². The molecule has 1 fully saturated rings. The number of benzene rings is 1. The molecule has 1 aliphatic carbocycles. The maximum atomic E-state index is 12.9. The number of hydrogen-bond donors (Lipinski definition) is 2. The van der Waals surface area contributed by atoms with E-state index in [4.69, 9.17) is 0 Å². The Hall–Kier alpha value is -1.93. The average molecular weight is 410 g/mol. The van der Waals surface area contributed by atoms with Crippen LogP contribution in [-0.2, 0) is 19.6 Å². The van der Waals surface area contributed by atoms with Crippen LogP contribution < -0.4 is 10.6 Å². The van der Waals surface area contributed by atoms with Gasteiger partial charge in [0.15, 0.2) is 0 Å². The van der Waals surface area contributed by atoms with Crippen LogP contribution in [-0.4, -0.2) is 43.7 Å². The molecule has 2 amide bonds. The van der Waals surface area contributed by atoms with Gasteiger partial charge in [-0.1, -0.05) is 33.1 Å². The summed E-state index contributed by atoms with van der Waals surface area (Å²) in [6, 6.07) is 5.55. The molecule has 0 radical (unpaired) electrons. The van der Waals surface area contributed by atoms with Crippen molar-refractivity contribution < 1.29 is 18.0 Å². The number of carbonyl (C=O) groups is 2. The van der Waals surface area contributed by atoms with Crippen LogP contribution in [0.2, 0.25) is 0 Å². The number of carbonyl (C=O) groups excluding carboxylic acids is 2. The van der Waals surface area contributed by atoms with Gasteiger partial charge >= 0.3 is 0 Å². The van der Waals surface area contributed by atoms with Gasteiger partial charge in [0.2, 0.25) is 21.8 Å². The van der Waals surface area contributed by atoms with Crippen molar-refractivity contribution in [3.63, 3.8) is 0 Å². The molecule has 156 valence electrons. The summed E-state index contributed by atoms with van der Waals surface area (Å²) in [6.45, 7) is 5.05. The molecule has 1 aromatic carbocycles. The number of sulfonamides is 1. The zero-order valence-corrected chi connectivity index (χ0v) is 17.9. The van der Waals surface area contributed by atoms with Crippen LogP contribution in [0.1, 0.15) is 52.9 Å². The number of nitrogens with one attached hydrogen (secondary N) is 2. The van der Waals surface area contributed by atoms with Gasteiger partial charge in [0.05, 0.1) is 4.90 Å². The van der Waals surface area contributed by atoms with Gasteiger partial charge in [0.1, 0.15) is 6.04 Å². The van der Waals surface area contributed by atoms with Gasteiger partial charge < -0.3 is 10.6 Å². The minimum Gasteiger partial charge on any atom is -0.344 e. The molecular weight excluding hydrogens is 378 g/mol. The van der Waals surface area contributed by atoms with E-state index in [-0.39, 0.29) is 28.7 Å². The Labute approximate surface area is 167 Å². The Balaban J connectivity index is 2.09. The van der Waals surface area contributed by atoms with Crippen molar-refractivity contribution in [1.82, 2.24) is 9.62 Å². The van der Waals surface area contributed by atoms with E-state index in [0.29, 0.717) is 5.69 Å². The normalized spacial score (nSPS) is 16.8. The van der Waals surface area contributed by atoms with Gasteiger partial charge in [-0.2, -0.15) is 4.31 Å². The number of hydrogen-bond acceptors (Lipinski definition) is 4. The summed E-state index contributed by atoms with van der Waals surface area (Å²) >= 11 is 0. The molecule has 28 heavy (non-hydrogen) atoms. The van der Waals surface area contributed by atoms with E-state index >= 15 is 0 Å². The van der Waals surface area contributed by atoms with E-state index in [2.05, 4.69) is 10.6 Å². The molecule has 0 unspecified atom stereocenters. The summed E-state index contributed by atoms with van der Waals surface area (Å²) in [5.74, 6) is -0.686. The molecule has 7 nitrogen and oxygen atoms in total. The Morgan fingerprint density at radius 3 is 2.14 bits per heavy atom. The van der Waals surface area contributed by atoms with Crippen LogP contribution in [0.5, 0.6) is 0 Å². The van der Waals surface area contributed by atoms with E-state index in [0.717, 1.165) is 32.1 Å². The van der Waals surface area contributed by atoms with Crippen LogP contribution in [0, 0.1) is 5.92 Å². The molecule has 1 aromatic rings. The third-order valence-corrected chi connectivity index (χ3v) is 7.12. The third kappa shape index (κ3) is 5.54. The lowest BCUT2D eigenvalue weighted by Crippen LogP contribution is -2.46. The summed E-state index contributed by atoms with van der Waals surface area (Å²) in [6.07, 6.45) is 5.06. The topological polar surface area (TPSA) is 95.6 Å². The van der Waals surface area contributed by atoms with E-state index in [1.54, 1.807) is 19.2 Å². The van der Waals surface area contributed by atoms with Crippen LogP contribution in [0.4, 0.5) is 5.69 Å². The second kappa shape index (κ2) is 9.52. The van der Waals surface area contributed by atoms with Gasteiger partial charge in [-0.05, 0) is 43.0 Å². The monoisotopic (exact) mass is 409 g/mol. The minimum atomic E-state index is -3.57. The lowest BCUT2D eigenvalue weighted by atomic mass is 9.96. The highest BCUT2D eigenvalue weighted by Gasteiger charge is 2.29. The fourth-order valence-corrected chi connectivity index (χ4v) is 4.91. The smallest absolute Gasteiger partial charge is 0.247 e. The first kappa shape index (κ1) is 22.4. The molecule has 1 aliphatic rings. The van der Waals surface area contributed by atoms with E-state index in [1.165, 1.54) is 23.4 Å². The molecule has 2 N–H and O–H groups in total. The molecule has 0 heterocycles. The van der Waals surface area contributed by atoms with Crippen molar-refractivity contribution in [2.45, 2.75) is 69.9 Å². The Bertz CT molecular complexity index is 784. The summed E-state index contributed by atoms with van der Waals surface area (Å²) in [5, 5.41) is 5.37. The molecule has 0 saturated heterocycles. The van der Waals surface area contributed by atoms with Crippen molar-refractivity contribution in [2.24, 2.45) is 5.92 Å². The first-order chi connectivity index (χ1) is 13.1. The quantitative estimate of drug-likeness (QED) is 0.724. The lowest BCUT2D eigenvalue weighted by Gasteiger charge is -2.30. The molecular formula is C20H31N3O4S. The van der Waals surface area contributed by atoms with E-state index < -0.39 is 16.1 Å². The van der Waals surface area contributed by atoms with Gasteiger partial charge in [-0.3, -0.25) is 9.59 Å². The number of anilines is 1. The van der Waals surface area contributed by atoms with Crippen molar-refractivity contribution in [2.75, 3.05) is 12.4 Å². The summed E-state index contributed by atoms with van der Waals surface area (Å²) in [4.78, 5) is 23.9. The highest BCUT2D eigenvalue weighted by atomic mass is 32.2. The largest absolute Gasteiger partial charge is 0.344 e. The predicted octanol–water partition coefficient (Wildman–Crippen LogP) is 2.74. The predicted molar refractivity (Wildman–Crippen MR) is 109 cm³/mol. The molecule has 0 aliphatic heterocycles. The number of nitrogens with zero attached hydrogens (tertiary/aromatic N) is 1. The molecule has 1 atom stereocenters. The first-order valence-electron chi connectivity index (χ1n) is 9.79. The standard InChI is InChI=1S/C20H31N3O4S/c1-14(2)19(21-15(3)24)20(25)22-16-10-12-18(13-11-16)28(26,27)23(4)17-8-6-5-7-9-17/h10-14,17,19H,5-9H2,1-4H3,(H,21,24)(H,22,25)/t19-/m0/s1. The second-order valence-corrected chi connectivity index (χ2v) is 9.75. The second-order valence-electron chi connectivity index (χ2n) is 7.75. The average Bonchev–Trinajstić information content (AvgIpc) is 2.66. The summed E-state index contributed by atoms with van der Waals surface area (Å²) < 4.78 is 27.2. The molecule has 0 aromatic heterocycles. The molecule has 0 spiro atoms. The number of rotatable bonds is 7. The first-order valence-corrected chi connectivity index (χ1v) is 11.2. The maximum Gasteiger partial charge on any atom is 0.247 e. The number of amides is 2. The zero-order valence-electron chi connectivity index (χ0n) is 17.1. The molecule has 2 rings (SSSR count). The molecule has 1 saturated carbocycles. The molecule has 0 bridgehead atoms. The van der Waals surface area contributed by atoms with Crippen LogP contribution in [0.25, 0.3) is 0 Å². The fourth-order valence-electron chi connectivity index (χ4n) is 3.49. The Morgan fingerprint density at radius 2 is 1.64 bits per heavy atom. The van der Waals surface area contributed by atoms with Crippen molar-refractivity contribution in [1.29, 1.82) is 0 Å². The summed E-state index contributed by atoms with van der Waals surface area (Å²) in [7, 11) is -1.93. The Morgan fingerprint density at radius 1 is 1.07 bits per heavy atom. The van der Waals surface area contributed by atoms with Gasteiger partial charge in [-0.15, -0.1) is 0 Å². The third-order valence-electron chi connectivity index (χ3n) is 5.20. The lowest BCUT2D eigenvalue weighted by molar-refractivity contribution is -0.126. The highest BCUT2D eigenvalue weighted by molar-refractivity contribution is 7.89. The van der Waals surface area contributed by atoms with Gasteiger partial charge in [0.25, 0.3) is 0 Å². The van der Waals surface area contributed by atoms with Crippen molar-refractivity contribution >= 4 is 27.5 Å². The Kier molecular flexibility index (Phi) is 7.60. The van der Waals surface area contributed by atoms with E-state index in [9.17, 15) is 18.0 Å². The zero-order chi connectivity index (χ0) is 20.9. The van der Waals surface area contributed by atoms with Crippen LogP contribution in [0.3, 0.4) is 0 Å². The highest BCUT2D eigenvalue weighted by Crippen LogP contribution is 2.27. The molecule has 8 heteroatoms. The maximum absolute atomic E-state index is 12.9. The van der Waals surface area contributed by atoms with E-state index in [1.807, 2.05) is 13.8 Å². The fraction of sp³-hybridized carbons (Fsp3) is 0.600. The minimum absolute atomic E-state index is 0.0441. The van der Waals surface area contributed by atoms with Crippen molar-refractivity contribution in [3.05, 3.63) is 24.3 Å². The van der Waals surface area contributed by atoms with Crippen molar-refractivity contribution in [3.8, 4) is 0 Å². The SMILES string of the molecule is CC(=O)N[C@H](C(=O)Nc1ccc(S(=O)(=O)N(C)C2CCCCC2)cc1)C(C)C. The summed E-state index contributed by atoms with van der Waals surface area (Å²) in [5.41, 5.74) is 0.486. The van der Waals surface area contributed by atoms with Crippen LogP contribution in [0.15, 0.2) is 29.2 Å².